The molecular formula is C46H63FN6. The van der Waals surface area contributed by atoms with Gasteiger partial charge in [0.25, 0.3) is 0 Å². The quantitative estimate of drug-likeness (QED) is 0.151. The summed E-state index contributed by atoms with van der Waals surface area (Å²) in [6.45, 7) is 20.6. The van der Waals surface area contributed by atoms with Crippen LogP contribution in [0.4, 0.5) is 15.8 Å². The molecule has 6 nitrogen and oxygen atoms in total. The van der Waals surface area contributed by atoms with E-state index in [1.807, 2.05) is 51.9 Å². The number of nitrogens with zero attached hydrogens (tertiary/aromatic N) is 3. The Hall–Kier alpha value is -4.49. The molecule has 284 valence electrons. The highest BCUT2D eigenvalue weighted by molar-refractivity contribution is 6.18. The molecule has 0 bridgehead atoms. The summed E-state index contributed by atoms with van der Waals surface area (Å²) in [7, 11) is 1.95. The largest absolute Gasteiger partial charge is 0.391 e. The molecule has 2 aromatic carbocycles. The first kappa shape index (κ1) is 41.3. The summed E-state index contributed by atoms with van der Waals surface area (Å²) in [5, 5.41) is 20.2. The number of hydrogen-bond acceptors (Lipinski definition) is 6. The molecule has 2 aromatic rings. The lowest BCUT2D eigenvalue weighted by molar-refractivity contribution is 0.132. The maximum Gasteiger partial charge on any atom is 0.119 e. The van der Waals surface area contributed by atoms with Crippen LogP contribution in [0.1, 0.15) is 102 Å². The summed E-state index contributed by atoms with van der Waals surface area (Å²) >= 11 is 0. The van der Waals surface area contributed by atoms with Gasteiger partial charge in [-0.1, -0.05) is 64.6 Å². The standard InChI is InChI=1S/C42H51FN6.2C2H6/c1-4-5-9-39(30(2)46-3)33-12-14-36(15-13-33)48-25-20-37(21-26-48)47-23-18-32(19-24-47)31-10-16-38(17-11-31)49-27-22-40(44)42(49)29-41(45)34-7-6-8-35(43)28-34;2*1-2/h4,8,10-17,22,27-29,32,37,39,44-46H,1-2,5-7,9,18-21,23-26H2,3H3;2*1-2H3/b42-29+,44-40?,45-41?;;. The predicted octanol–water partition coefficient (Wildman–Crippen LogP) is 11.2. The molecule has 2 fully saturated rings. The molecule has 3 heterocycles. The number of likely N-dealkylation sites (tertiary alicyclic amines) is 1. The number of allylic oxidation sites excluding steroid dienone is 8. The number of anilines is 2. The van der Waals surface area contributed by atoms with E-state index in [2.05, 4.69) is 76.8 Å². The summed E-state index contributed by atoms with van der Waals surface area (Å²) in [5.41, 5.74) is 7.98. The molecule has 3 N–H and O–H groups in total. The second kappa shape index (κ2) is 20.7. The van der Waals surface area contributed by atoms with Crippen molar-refractivity contribution in [2.45, 2.75) is 96.9 Å². The molecule has 6 rings (SSSR count). The van der Waals surface area contributed by atoms with E-state index in [4.69, 9.17) is 10.8 Å². The van der Waals surface area contributed by atoms with E-state index >= 15 is 0 Å². The van der Waals surface area contributed by atoms with Gasteiger partial charge in [0.15, 0.2) is 0 Å². The maximum absolute atomic E-state index is 13.8. The first-order chi connectivity index (χ1) is 25.8. The maximum atomic E-state index is 13.8. The molecule has 0 radical (unpaired) electrons. The minimum absolute atomic E-state index is 0.264. The Labute approximate surface area is 319 Å². The minimum Gasteiger partial charge on any atom is -0.391 e. The molecule has 0 spiro atoms. The summed E-state index contributed by atoms with van der Waals surface area (Å²) in [6.07, 6.45) is 18.3. The van der Waals surface area contributed by atoms with Crippen LogP contribution < -0.4 is 15.1 Å². The topological polar surface area (TPSA) is 69.5 Å². The lowest BCUT2D eigenvalue weighted by Crippen LogP contribution is -2.47. The fourth-order valence-electron chi connectivity index (χ4n) is 7.83. The van der Waals surface area contributed by atoms with Gasteiger partial charge in [0.1, 0.15) is 5.83 Å². The first-order valence-corrected chi connectivity index (χ1v) is 19.9. The summed E-state index contributed by atoms with van der Waals surface area (Å²) in [4.78, 5) is 7.24. The zero-order chi connectivity index (χ0) is 38.3. The van der Waals surface area contributed by atoms with Crippen LogP contribution in [0.2, 0.25) is 0 Å². The van der Waals surface area contributed by atoms with Gasteiger partial charge in [-0.05, 0) is 136 Å². The Balaban J connectivity index is 0.00000152. The van der Waals surface area contributed by atoms with Crippen LogP contribution in [-0.2, 0) is 0 Å². The second-order valence-electron chi connectivity index (χ2n) is 13.7. The Kier molecular flexibility index (Phi) is 16.1. The lowest BCUT2D eigenvalue weighted by Gasteiger charge is -2.42. The van der Waals surface area contributed by atoms with Crippen LogP contribution in [-0.4, -0.2) is 55.6 Å². The number of nitrogens with one attached hydrogen (secondary N) is 3. The molecule has 53 heavy (non-hydrogen) atoms. The Morgan fingerprint density at radius 1 is 0.943 bits per heavy atom. The lowest BCUT2D eigenvalue weighted by atomic mass is 9.87. The van der Waals surface area contributed by atoms with Crippen LogP contribution in [0.15, 0.2) is 121 Å². The van der Waals surface area contributed by atoms with Crippen LogP contribution in [0, 0.1) is 10.8 Å². The average molecular weight is 719 g/mol. The number of halogens is 1. The van der Waals surface area contributed by atoms with Gasteiger partial charge in [-0.2, -0.15) is 0 Å². The number of benzene rings is 2. The van der Waals surface area contributed by atoms with E-state index in [0.29, 0.717) is 47.7 Å². The fourth-order valence-corrected chi connectivity index (χ4v) is 7.83. The Bertz CT molecular complexity index is 1650. The van der Waals surface area contributed by atoms with Crippen molar-refractivity contribution in [3.05, 3.63) is 132 Å². The highest BCUT2D eigenvalue weighted by Crippen LogP contribution is 2.35. The highest BCUT2D eigenvalue weighted by atomic mass is 19.1. The smallest absolute Gasteiger partial charge is 0.119 e. The van der Waals surface area contributed by atoms with Gasteiger partial charge in [-0.25, -0.2) is 4.39 Å². The number of likely N-dealkylation sites (N-methyl/N-ethyl adjacent to an activating group) is 1. The summed E-state index contributed by atoms with van der Waals surface area (Å²) in [5.74, 6) is 0.565. The van der Waals surface area contributed by atoms with Crippen LogP contribution >= 0.6 is 0 Å². The van der Waals surface area contributed by atoms with Crippen molar-refractivity contribution in [2.24, 2.45) is 0 Å². The molecule has 3 aliphatic heterocycles. The van der Waals surface area contributed by atoms with Gasteiger partial charge >= 0.3 is 0 Å². The normalized spacial score (nSPS) is 19.4. The van der Waals surface area contributed by atoms with Gasteiger partial charge < -0.3 is 25.4 Å². The second-order valence-corrected chi connectivity index (χ2v) is 13.7. The molecule has 4 aliphatic rings. The average Bonchev–Trinajstić information content (AvgIpc) is 3.58. The van der Waals surface area contributed by atoms with Crippen molar-refractivity contribution in [1.29, 1.82) is 10.8 Å². The zero-order valence-corrected chi connectivity index (χ0v) is 32.9. The van der Waals surface area contributed by atoms with Gasteiger partial charge in [-0.3, -0.25) is 5.41 Å². The van der Waals surface area contributed by atoms with Gasteiger partial charge in [0, 0.05) is 55.4 Å². The van der Waals surface area contributed by atoms with Crippen molar-refractivity contribution in [2.75, 3.05) is 43.0 Å². The molecule has 0 amide bonds. The van der Waals surface area contributed by atoms with Gasteiger partial charge in [0.2, 0.25) is 0 Å². The number of rotatable bonds is 12. The van der Waals surface area contributed by atoms with Crippen molar-refractivity contribution in [1.82, 2.24) is 10.2 Å². The molecule has 0 aromatic heterocycles. The van der Waals surface area contributed by atoms with Gasteiger partial charge in [-0.15, -0.1) is 6.58 Å². The summed E-state index contributed by atoms with van der Waals surface area (Å²) < 4.78 is 13.8. The van der Waals surface area contributed by atoms with E-state index in [-0.39, 0.29) is 11.5 Å². The fraction of sp³-hybridized carbons (Fsp3) is 0.435. The van der Waals surface area contributed by atoms with Gasteiger partial charge in [0.05, 0.1) is 17.1 Å². The van der Waals surface area contributed by atoms with E-state index in [1.165, 1.54) is 48.6 Å². The third kappa shape index (κ3) is 10.6. The van der Waals surface area contributed by atoms with Crippen molar-refractivity contribution < 1.29 is 4.39 Å². The Morgan fingerprint density at radius 3 is 2.19 bits per heavy atom. The minimum atomic E-state index is -0.286. The molecule has 1 aliphatic carbocycles. The third-order valence-corrected chi connectivity index (χ3v) is 10.8. The molecule has 1 atom stereocenters. The van der Waals surface area contributed by atoms with Crippen molar-refractivity contribution in [3.63, 3.8) is 0 Å². The van der Waals surface area contributed by atoms with Crippen LogP contribution in [0.25, 0.3) is 0 Å². The molecule has 7 heteroatoms. The molecule has 0 saturated carbocycles. The number of piperidine rings is 2. The summed E-state index contributed by atoms with van der Waals surface area (Å²) in [6, 6.07) is 18.5. The monoisotopic (exact) mass is 719 g/mol. The molecular weight excluding hydrogens is 656 g/mol. The van der Waals surface area contributed by atoms with Crippen LogP contribution in [0.5, 0.6) is 0 Å². The van der Waals surface area contributed by atoms with Crippen molar-refractivity contribution in [3.8, 4) is 0 Å². The highest BCUT2D eigenvalue weighted by Gasteiger charge is 2.29. The predicted molar refractivity (Wildman–Crippen MR) is 226 cm³/mol. The Morgan fingerprint density at radius 2 is 1.58 bits per heavy atom. The van der Waals surface area contributed by atoms with E-state index < -0.39 is 0 Å². The zero-order valence-electron chi connectivity index (χ0n) is 32.9. The van der Waals surface area contributed by atoms with E-state index in [1.54, 1.807) is 18.2 Å². The molecule has 2 saturated heterocycles. The van der Waals surface area contributed by atoms with Crippen molar-refractivity contribution >= 4 is 22.8 Å². The van der Waals surface area contributed by atoms with E-state index in [0.717, 1.165) is 50.4 Å². The number of hydrogen-bond donors (Lipinski definition) is 3. The first-order valence-electron chi connectivity index (χ1n) is 19.9. The van der Waals surface area contributed by atoms with E-state index in [9.17, 15) is 4.39 Å². The third-order valence-electron chi connectivity index (χ3n) is 10.8. The van der Waals surface area contributed by atoms with Crippen LogP contribution in [0.3, 0.4) is 0 Å². The molecule has 1 unspecified atom stereocenters. The SMILES string of the molecule is C=CCCC(C(=C)NC)c1ccc(N2CCC(N3CCC(c4ccc(N5C=CC(=N)/C5=C\C(=N)C5=CC(F)=CCC5)cc4)CC3)CC2)cc1.CC.CC.